The topological polar surface area (TPSA) is 48.7 Å². The summed E-state index contributed by atoms with van der Waals surface area (Å²) >= 11 is 0. The molecule has 1 atom stereocenters. The Morgan fingerprint density at radius 1 is 1.28 bits per heavy atom. The molecule has 0 radical (unpaired) electrons. The number of benzene rings is 1. The third kappa shape index (κ3) is 5.32. The van der Waals surface area contributed by atoms with Gasteiger partial charge in [0.05, 0.1) is 12.7 Å². The van der Waals surface area contributed by atoms with E-state index in [2.05, 4.69) is 69.8 Å². The first kappa shape index (κ1) is 21.7. The summed E-state index contributed by atoms with van der Waals surface area (Å²) in [6.07, 6.45) is 9.72. The summed E-state index contributed by atoms with van der Waals surface area (Å²) in [5.74, 6) is 1.55. The van der Waals surface area contributed by atoms with E-state index in [-0.39, 0.29) is 24.0 Å². The van der Waals surface area contributed by atoms with E-state index in [9.17, 15) is 0 Å². The lowest BCUT2D eigenvalue weighted by atomic mass is 10.0. The molecular weight excluding hydrogens is 475 g/mol. The predicted octanol–water partition coefficient (Wildman–Crippen LogP) is 3.37. The van der Waals surface area contributed by atoms with Gasteiger partial charge < -0.3 is 15.1 Å². The largest absolute Gasteiger partial charge is 0.364 e. The number of aromatic nitrogens is 2. The van der Waals surface area contributed by atoms with Crippen LogP contribution in [0.5, 0.6) is 0 Å². The average molecular weight is 506 g/mol. The van der Waals surface area contributed by atoms with Crippen LogP contribution in [-0.2, 0) is 13.6 Å². The molecule has 1 N–H and O–H groups in total. The van der Waals surface area contributed by atoms with Crippen LogP contribution in [0.1, 0.15) is 30.4 Å². The molecule has 0 aliphatic carbocycles. The van der Waals surface area contributed by atoms with Gasteiger partial charge in [-0.1, -0.05) is 24.3 Å². The van der Waals surface area contributed by atoms with Gasteiger partial charge in [0.2, 0.25) is 0 Å². The Morgan fingerprint density at radius 3 is 2.83 bits per heavy atom. The molecule has 0 saturated carbocycles. The molecule has 1 saturated heterocycles. The number of halogens is 1. The third-order valence-electron chi connectivity index (χ3n) is 5.52. The lowest BCUT2D eigenvalue weighted by molar-refractivity contribution is 0.486. The monoisotopic (exact) mass is 506 g/mol. The third-order valence-corrected chi connectivity index (χ3v) is 5.52. The Bertz CT molecular complexity index is 850. The summed E-state index contributed by atoms with van der Waals surface area (Å²) in [4.78, 5) is 9.70. The smallest absolute Gasteiger partial charge is 0.194 e. The van der Waals surface area contributed by atoms with E-state index < -0.39 is 0 Å². The van der Waals surface area contributed by atoms with Crippen molar-refractivity contribution in [3.63, 3.8) is 0 Å². The van der Waals surface area contributed by atoms with Gasteiger partial charge in [0, 0.05) is 57.6 Å². The van der Waals surface area contributed by atoms with E-state index in [0.717, 1.165) is 45.1 Å². The molecule has 2 aliphatic rings. The number of anilines is 1. The summed E-state index contributed by atoms with van der Waals surface area (Å²) in [6.45, 7) is 7.74. The maximum absolute atomic E-state index is 4.94. The minimum absolute atomic E-state index is 0. The fourth-order valence-electron chi connectivity index (χ4n) is 4.01. The number of aliphatic imine (C=N–C) groups is 1. The second-order valence-electron chi connectivity index (χ2n) is 7.60. The summed E-state index contributed by atoms with van der Waals surface area (Å²) < 4.78 is 1.89. The van der Waals surface area contributed by atoms with Gasteiger partial charge >= 0.3 is 0 Å². The first-order valence-corrected chi connectivity index (χ1v) is 10.2. The minimum Gasteiger partial charge on any atom is -0.364 e. The van der Waals surface area contributed by atoms with Gasteiger partial charge in [-0.05, 0) is 36.6 Å². The minimum atomic E-state index is 0. The number of likely N-dealkylation sites (tertiary alicyclic amines) is 1. The van der Waals surface area contributed by atoms with Gasteiger partial charge in [-0.25, -0.2) is 4.99 Å². The van der Waals surface area contributed by atoms with Gasteiger partial charge in [-0.15, -0.1) is 24.0 Å². The summed E-state index contributed by atoms with van der Waals surface area (Å²) in [5.41, 5.74) is 3.86. The van der Waals surface area contributed by atoms with Crippen molar-refractivity contribution < 1.29 is 0 Å². The van der Waals surface area contributed by atoms with Crippen molar-refractivity contribution in [2.45, 2.75) is 25.8 Å². The van der Waals surface area contributed by atoms with Crippen LogP contribution in [0.15, 0.2) is 53.8 Å². The highest BCUT2D eigenvalue weighted by Gasteiger charge is 2.26. The molecule has 0 amide bonds. The molecule has 1 aromatic carbocycles. The number of rotatable bonds is 5. The van der Waals surface area contributed by atoms with E-state index in [0.29, 0.717) is 12.5 Å². The standard InChI is InChI=1S/C22H30N6.HI/c1-3-23-22(28-12-9-19(17-28)20-15-25-26(2)16-20)24-14-18-7-6-8-21(13-18)27-10-4-5-11-27;/h4-8,13,15-16,19H,3,9-12,14,17H2,1-2H3,(H,23,24);1H. The molecule has 3 heterocycles. The highest BCUT2D eigenvalue weighted by atomic mass is 127. The number of guanidine groups is 1. The maximum Gasteiger partial charge on any atom is 0.194 e. The van der Waals surface area contributed by atoms with E-state index in [1.807, 2.05) is 17.9 Å². The van der Waals surface area contributed by atoms with Crippen molar-refractivity contribution in [3.05, 3.63) is 59.9 Å². The van der Waals surface area contributed by atoms with Crippen LogP contribution in [0.3, 0.4) is 0 Å². The predicted molar refractivity (Wildman–Crippen MR) is 130 cm³/mol. The van der Waals surface area contributed by atoms with Crippen molar-refractivity contribution in [2.24, 2.45) is 12.0 Å². The fraction of sp³-hybridized carbons (Fsp3) is 0.455. The number of hydrogen-bond acceptors (Lipinski definition) is 3. The number of nitrogens with one attached hydrogen (secondary N) is 1. The summed E-state index contributed by atoms with van der Waals surface area (Å²) in [6, 6.07) is 8.76. The zero-order chi connectivity index (χ0) is 19.3. The lowest BCUT2D eigenvalue weighted by Crippen LogP contribution is -2.40. The van der Waals surface area contributed by atoms with Crippen molar-refractivity contribution in [1.82, 2.24) is 20.0 Å². The highest BCUT2D eigenvalue weighted by molar-refractivity contribution is 14.0. The van der Waals surface area contributed by atoms with Crippen molar-refractivity contribution >= 4 is 35.6 Å². The molecule has 0 bridgehead atoms. The van der Waals surface area contributed by atoms with E-state index in [1.165, 1.54) is 16.8 Å². The number of aryl methyl sites for hydroxylation is 1. The van der Waals surface area contributed by atoms with Crippen LogP contribution in [0.25, 0.3) is 0 Å². The van der Waals surface area contributed by atoms with Crippen molar-refractivity contribution in [3.8, 4) is 0 Å². The molecule has 156 valence electrons. The molecule has 6 nitrogen and oxygen atoms in total. The van der Waals surface area contributed by atoms with Crippen LogP contribution >= 0.6 is 24.0 Å². The van der Waals surface area contributed by atoms with Gasteiger partial charge in [0.15, 0.2) is 5.96 Å². The zero-order valence-electron chi connectivity index (χ0n) is 17.3. The first-order chi connectivity index (χ1) is 13.7. The quantitative estimate of drug-likeness (QED) is 0.293. The molecule has 29 heavy (non-hydrogen) atoms. The maximum atomic E-state index is 4.94. The van der Waals surface area contributed by atoms with Gasteiger partial charge in [-0.3, -0.25) is 4.68 Å². The van der Waals surface area contributed by atoms with Gasteiger partial charge in [0.1, 0.15) is 0 Å². The summed E-state index contributed by atoms with van der Waals surface area (Å²) in [5, 5.41) is 7.80. The fourth-order valence-corrected chi connectivity index (χ4v) is 4.01. The molecule has 1 fully saturated rings. The average Bonchev–Trinajstić information content (AvgIpc) is 3.46. The molecular formula is C22H31IN6. The number of nitrogens with zero attached hydrogens (tertiary/aromatic N) is 5. The van der Waals surface area contributed by atoms with Crippen LogP contribution in [-0.4, -0.2) is 53.4 Å². The second kappa shape index (κ2) is 10.1. The Labute approximate surface area is 190 Å². The normalized spacial score (nSPS) is 19.0. The van der Waals surface area contributed by atoms with Crippen molar-refractivity contribution in [1.29, 1.82) is 0 Å². The van der Waals surface area contributed by atoms with E-state index in [1.54, 1.807) is 0 Å². The second-order valence-corrected chi connectivity index (χ2v) is 7.60. The van der Waals surface area contributed by atoms with Crippen LogP contribution in [0.4, 0.5) is 5.69 Å². The first-order valence-electron chi connectivity index (χ1n) is 10.2. The molecule has 4 rings (SSSR count). The van der Waals surface area contributed by atoms with Gasteiger partial charge in [-0.2, -0.15) is 5.10 Å². The number of hydrogen-bond donors (Lipinski definition) is 1. The van der Waals surface area contributed by atoms with E-state index in [4.69, 9.17) is 4.99 Å². The highest BCUT2D eigenvalue weighted by Crippen LogP contribution is 2.27. The molecule has 1 unspecified atom stereocenters. The van der Waals surface area contributed by atoms with Gasteiger partial charge in [0.25, 0.3) is 0 Å². The molecule has 0 spiro atoms. The van der Waals surface area contributed by atoms with E-state index >= 15 is 0 Å². The van der Waals surface area contributed by atoms with Crippen LogP contribution in [0, 0.1) is 0 Å². The SMILES string of the molecule is CCNC(=NCc1cccc(N2CC=CC2)c1)N1CCC(c2cnn(C)c2)C1.I. The Balaban J connectivity index is 0.00000240. The molecule has 1 aromatic heterocycles. The molecule has 2 aromatic rings. The van der Waals surface area contributed by atoms with Crippen molar-refractivity contribution in [2.75, 3.05) is 37.6 Å². The summed E-state index contributed by atoms with van der Waals surface area (Å²) in [7, 11) is 1.98. The zero-order valence-corrected chi connectivity index (χ0v) is 19.6. The molecule has 2 aliphatic heterocycles. The van der Waals surface area contributed by atoms with Crippen LogP contribution < -0.4 is 10.2 Å². The lowest BCUT2D eigenvalue weighted by Gasteiger charge is -2.22. The Kier molecular flexibility index (Phi) is 7.57. The Morgan fingerprint density at radius 2 is 2.10 bits per heavy atom. The molecule has 7 heteroatoms. The van der Waals surface area contributed by atoms with Crippen LogP contribution in [0.2, 0.25) is 0 Å². The Hall–Kier alpha value is -2.03.